The minimum absolute atomic E-state index is 0.00690. The molecule has 0 amide bonds. The van der Waals surface area contributed by atoms with E-state index in [9.17, 15) is 13.2 Å². The number of morpholine rings is 1. The maximum atomic E-state index is 16.7. The van der Waals surface area contributed by atoms with Crippen molar-refractivity contribution in [3.8, 4) is 17.3 Å². The van der Waals surface area contributed by atoms with E-state index in [1.807, 2.05) is 4.90 Å². The number of nitrogens with two attached hydrogens (primary N) is 1. The number of anilines is 2. The fraction of sp³-hybridized carbons (Fsp3) is 0.581. The van der Waals surface area contributed by atoms with Crippen molar-refractivity contribution in [3.63, 3.8) is 0 Å². The lowest BCUT2D eigenvalue weighted by Gasteiger charge is -2.44. The Kier molecular flexibility index (Phi) is 7.32. The molecule has 13 heteroatoms. The predicted molar refractivity (Wildman–Crippen MR) is 159 cm³/mol. The van der Waals surface area contributed by atoms with Gasteiger partial charge in [0.1, 0.15) is 17.2 Å². The second-order valence-electron chi connectivity index (χ2n) is 12.9. The molecule has 3 aromatic rings. The SMILES string of the molecule is Cc1cc(N)nc(-c2c(Cl)cc3c(N4CC5CCC(C4)O5)nc(OCC45CCCC4N(C)CCC5)nc3c2F)c1C(F)(F)F. The summed E-state index contributed by atoms with van der Waals surface area (Å²) in [5, 5.41) is 0.0408. The Balaban J connectivity index is 1.37. The fourth-order valence-electron chi connectivity index (χ4n) is 8.09. The Labute approximate surface area is 257 Å². The Morgan fingerprint density at radius 1 is 1.09 bits per heavy atom. The van der Waals surface area contributed by atoms with Gasteiger partial charge in [-0.2, -0.15) is 23.1 Å². The molecule has 4 unspecified atom stereocenters. The molecule has 0 spiro atoms. The lowest BCUT2D eigenvalue weighted by molar-refractivity contribution is -0.137. The predicted octanol–water partition coefficient (Wildman–Crippen LogP) is 6.40. The van der Waals surface area contributed by atoms with Crippen LogP contribution in [0, 0.1) is 18.2 Å². The van der Waals surface area contributed by atoms with Gasteiger partial charge in [0, 0.05) is 29.9 Å². The topological polar surface area (TPSA) is 89.6 Å². The van der Waals surface area contributed by atoms with E-state index in [1.54, 1.807) is 0 Å². The molecule has 1 saturated carbocycles. The summed E-state index contributed by atoms with van der Waals surface area (Å²) in [6.07, 6.45) is 2.28. The quantitative estimate of drug-likeness (QED) is 0.323. The number of ether oxygens (including phenoxy) is 2. The van der Waals surface area contributed by atoms with Crippen molar-refractivity contribution in [1.82, 2.24) is 19.9 Å². The van der Waals surface area contributed by atoms with Crippen LogP contribution in [-0.4, -0.2) is 71.4 Å². The Morgan fingerprint density at radius 2 is 1.82 bits per heavy atom. The first-order chi connectivity index (χ1) is 20.9. The monoisotopic (exact) mass is 634 g/mol. The highest BCUT2D eigenvalue weighted by Crippen LogP contribution is 2.48. The maximum absolute atomic E-state index is 16.7. The third-order valence-electron chi connectivity index (χ3n) is 10.0. The van der Waals surface area contributed by atoms with Crippen molar-refractivity contribution in [2.75, 3.05) is 43.9 Å². The summed E-state index contributed by atoms with van der Waals surface area (Å²) in [6, 6.07) is 2.90. The van der Waals surface area contributed by atoms with E-state index in [0.29, 0.717) is 31.6 Å². The molecule has 8 nitrogen and oxygen atoms in total. The zero-order valence-corrected chi connectivity index (χ0v) is 25.4. The number of piperidine rings is 1. The van der Waals surface area contributed by atoms with Gasteiger partial charge in [-0.3, -0.25) is 0 Å². The largest absolute Gasteiger partial charge is 0.463 e. The van der Waals surface area contributed by atoms with Crippen molar-refractivity contribution in [2.24, 2.45) is 5.41 Å². The molecule has 2 bridgehead atoms. The van der Waals surface area contributed by atoms with Crippen LogP contribution in [0.3, 0.4) is 0 Å². The van der Waals surface area contributed by atoms with E-state index in [-0.39, 0.29) is 50.9 Å². The molecule has 3 aliphatic heterocycles. The van der Waals surface area contributed by atoms with Crippen molar-refractivity contribution >= 4 is 34.1 Å². The number of hydrogen-bond acceptors (Lipinski definition) is 8. The average molecular weight is 635 g/mol. The second-order valence-corrected chi connectivity index (χ2v) is 13.3. The number of pyridine rings is 1. The number of aromatic nitrogens is 3. The Bertz CT molecular complexity index is 1610. The summed E-state index contributed by atoms with van der Waals surface area (Å²) in [5.41, 5.74) is 3.14. The molecule has 44 heavy (non-hydrogen) atoms. The fourth-order valence-corrected chi connectivity index (χ4v) is 8.37. The number of halogens is 5. The van der Waals surface area contributed by atoms with Gasteiger partial charge < -0.3 is 25.0 Å². The highest BCUT2D eigenvalue weighted by Gasteiger charge is 2.47. The van der Waals surface area contributed by atoms with Gasteiger partial charge in [-0.1, -0.05) is 18.0 Å². The van der Waals surface area contributed by atoms with Gasteiger partial charge in [0.2, 0.25) is 0 Å². The smallest absolute Gasteiger partial charge is 0.418 e. The van der Waals surface area contributed by atoms with Crippen LogP contribution in [0.4, 0.5) is 29.2 Å². The van der Waals surface area contributed by atoms with Crippen LogP contribution >= 0.6 is 11.6 Å². The van der Waals surface area contributed by atoms with Gasteiger partial charge >= 0.3 is 12.2 Å². The first kappa shape index (κ1) is 29.7. The Morgan fingerprint density at radius 3 is 2.55 bits per heavy atom. The summed E-state index contributed by atoms with van der Waals surface area (Å²) in [4.78, 5) is 17.6. The molecule has 0 radical (unpaired) electrons. The van der Waals surface area contributed by atoms with Crippen molar-refractivity contribution in [3.05, 3.63) is 34.1 Å². The highest BCUT2D eigenvalue weighted by atomic mass is 35.5. The van der Waals surface area contributed by atoms with E-state index >= 15 is 4.39 Å². The number of fused-ring (bicyclic) bond motifs is 4. The number of nitrogens with zero attached hydrogens (tertiary/aromatic N) is 5. The van der Waals surface area contributed by atoms with Crippen LogP contribution in [0.5, 0.6) is 6.01 Å². The molecule has 2 aromatic heterocycles. The number of rotatable bonds is 5. The van der Waals surface area contributed by atoms with Crippen LogP contribution in [0.25, 0.3) is 22.2 Å². The van der Waals surface area contributed by atoms with E-state index in [0.717, 1.165) is 57.6 Å². The number of benzene rings is 1. The minimum atomic E-state index is -4.83. The zero-order valence-electron chi connectivity index (χ0n) is 24.7. The number of likely N-dealkylation sites (tertiary alicyclic amines) is 1. The van der Waals surface area contributed by atoms with Crippen LogP contribution in [-0.2, 0) is 10.9 Å². The Hall–Kier alpha value is -2.96. The van der Waals surface area contributed by atoms with Crippen LogP contribution < -0.4 is 15.4 Å². The van der Waals surface area contributed by atoms with Gasteiger partial charge in [-0.05, 0) is 76.7 Å². The summed E-state index contributed by atoms with van der Waals surface area (Å²) in [6.45, 7) is 3.74. The molecule has 7 rings (SSSR count). The molecule has 4 atom stereocenters. The minimum Gasteiger partial charge on any atom is -0.463 e. The molecular formula is C31H35ClF4N6O2. The van der Waals surface area contributed by atoms with E-state index in [4.69, 9.17) is 31.8 Å². The number of hydrogen-bond donors (Lipinski definition) is 1. The average Bonchev–Trinajstić information content (AvgIpc) is 3.54. The normalized spacial score (nSPS) is 27.2. The molecule has 2 N–H and O–H groups in total. The maximum Gasteiger partial charge on any atom is 0.418 e. The van der Waals surface area contributed by atoms with Gasteiger partial charge in [0.25, 0.3) is 0 Å². The zero-order chi connectivity index (χ0) is 31.0. The van der Waals surface area contributed by atoms with E-state index < -0.39 is 28.8 Å². The molecule has 1 aliphatic carbocycles. The lowest BCUT2D eigenvalue weighted by Crippen LogP contribution is -2.50. The third-order valence-corrected chi connectivity index (χ3v) is 10.3. The molecule has 3 saturated heterocycles. The van der Waals surface area contributed by atoms with E-state index in [2.05, 4.69) is 21.9 Å². The second kappa shape index (κ2) is 10.8. The van der Waals surface area contributed by atoms with Crippen molar-refractivity contribution in [1.29, 1.82) is 0 Å². The number of aryl methyl sites for hydroxylation is 1. The van der Waals surface area contributed by atoms with Crippen LogP contribution in [0.15, 0.2) is 12.1 Å². The molecule has 4 fully saturated rings. The lowest BCUT2D eigenvalue weighted by atomic mass is 9.76. The first-order valence-electron chi connectivity index (χ1n) is 15.2. The molecule has 236 valence electrons. The van der Waals surface area contributed by atoms with E-state index in [1.165, 1.54) is 13.0 Å². The summed E-state index contributed by atoms with van der Waals surface area (Å²) < 4.78 is 71.8. The summed E-state index contributed by atoms with van der Waals surface area (Å²) in [7, 11) is 2.14. The van der Waals surface area contributed by atoms with Crippen LogP contribution in [0.1, 0.15) is 56.1 Å². The summed E-state index contributed by atoms with van der Waals surface area (Å²) in [5.74, 6) is -0.791. The highest BCUT2D eigenvalue weighted by molar-refractivity contribution is 6.34. The molecule has 1 aromatic carbocycles. The van der Waals surface area contributed by atoms with Crippen LogP contribution in [0.2, 0.25) is 5.02 Å². The first-order valence-corrected chi connectivity index (χ1v) is 15.6. The standard InChI is InChI=1S/C31H35ClF4N6O2/c1-16-11-22(37)38-27(24(16)31(34,35)36)23-20(32)12-19-26(25(23)33)39-29(40-28(19)42-13-17-6-7-18(14-42)44-17)43-15-30-8-3-5-21(30)41(2)10-4-9-30/h11-12,17-18,21H,3-10,13-15H2,1-2H3,(H2,37,38). The molecule has 5 heterocycles. The summed E-state index contributed by atoms with van der Waals surface area (Å²) >= 11 is 6.60. The van der Waals surface area contributed by atoms with Gasteiger partial charge in [-0.15, -0.1) is 0 Å². The van der Waals surface area contributed by atoms with Gasteiger partial charge in [0.05, 0.1) is 40.7 Å². The van der Waals surface area contributed by atoms with Gasteiger partial charge in [0.15, 0.2) is 5.82 Å². The number of alkyl halides is 3. The molecule has 4 aliphatic rings. The third kappa shape index (κ3) is 5.02. The van der Waals surface area contributed by atoms with Crippen molar-refractivity contribution in [2.45, 2.75) is 76.3 Å². The van der Waals surface area contributed by atoms with Gasteiger partial charge in [-0.25, -0.2) is 9.37 Å². The van der Waals surface area contributed by atoms with Crippen molar-refractivity contribution < 1.29 is 27.0 Å². The number of nitrogen functional groups attached to an aromatic ring is 1. The molecular weight excluding hydrogens is 600 g/mol.